The van der Waals surface area contributed by atoms with Gasteiger partial charge in [-0.25, -0.2) is 8.42 Å². The summed E-state index contributed by atoms with van der Waals surface area (Å²) >= 11 is 4.32. The summed E-state index contributed by atoms with van der Waals surface area (Å²) in [6.45, 7) is 3.82. The number of amides is 1. The number of hydrogen-bond acceptors (Lipinski definition) is 4. The van der Waals surface area contributed by atoms with Crippen LogP contribution < -0.4 is 10.0 Å². The van der Waals surface area contributed by atoms with Gasteiger partial charge in [-0.2, -0.15) is 0 Å². The van der Waals surface area contributed by atoms with Gasteiger partial charge in [0.2, 0.25) is 0 Å². The lowest BCUT2D eigenvalue weighted by atomic mass is 10.1. The van der Waals surface area contributed by atoms with Gasteiger partial charge in [0, 0.05) is 6.54 Å². The number of carbonyl (C=O) groups excluding carboxylic acids is 1. The van der Waals surface area contributed by atoms with E-state index in [2.05, 4.69) is 32.5 Å². The molecule has 0 aliphatic rings. The van der Waals surface area contributed by atoms with Crippen LogP contribution in [0.5, 0.6) is 0 Å². The van der Waals surface area contributed by atoms with Crippen molar-refractivity contribution in [3.63, 3.8) is 0 Å². The molecule has 2 rings (SSSR count). The maximum absolute atomic E-state index is 12.3. The molecule has 0 radical (unpaired) electrons. The summed E-state index contributed by atoms with van der Waals surface area (Å²) in [5.41, 5.74) is 0.483. The Bertz CT molecular complexity index is 800. The van der Waals surface area contributed by atoms with E-state index in [1.54, 1.807) is 36.4 Å². The van der Waals surface area contributed by atoms with E-state index >= 15 is 0 Å². The van der Waals surface area contributed by atoms with E-state index < -0.39 is 10.0 Å². The lowest BCUT2D eigenvalue weighted by Crippen LogP contribution is -2.25. The molecule has 0 saturated carbocycles. The summed E-state index contributed by atoms with van der Waals surface area (Å²) < 4.78 is 28.0. The highest BCUT2D eigenvalue weighted by atomic mass is 79.9. The molecule has 1 aromatic carbocycles. The van der Waals surface area contributed by atoms with E-state index in [1.165, 1.54) is 6.07 Å². The van der Waals surface area contributed by atoms with Crippen molar-refractivity contribution in [2.24, 2.45) is 0 Å². The van der Waals surface area contributed by atoms with Crippen LogP contribution in [0.15, 0.2) is 57.0 Å². The summed E-state index contributed by atoms with van der Waals surface area (Å²) in [7, 11) is -3.73. The molecule has 8 heteroatoms. The predicted octanol–water partition coefficient (Wildman–Crippen LogP) is 3.23. The SMILES string of the molecule is C=CCNC(=O)c1ccccc1NS(=O)(=O)c1ccc(Br)s1. The van der Waals surface area contributed by atoms with Crippen molar-refractivity contribution in [3.8, 4) is 0 Å². The number of carbonyl (C=O) groups is 1. The zero-order valence-electron chi connectivity index (χ0n) is 11.4. The fourth-order valence-electron chi connectivity index (χ4n) is 1.67. The van der Waals surface area contributed by atoms with Gasteiger partial charge in [0.05, 0.1) is 15.0 Å². The number of benzene rings is 1. The van der Waals surface area contributed by atoms with Crippen molar-refractivity contribution in [1.29, 1.82) is 0 Å². The first kappa shape index (κ1) is 16.7. The van der Waals surface area contributed by atoms with Crippen molar-refractivity contribution < 1.29 is 13.2 Å². The molecular formula is C14H13BrN2O3S2. The molecule has 0 atom stereocenters. The molecule has 22 heavy (non-hydrogen) atoms. The Hall–Kier alpha value is -1.64. The van der Waals surface area contributed by atoms with Crippen LogP contribution in [0.1, 0.15) is 10.4 Å². The second kappa shape index (κ2) is 7.08. The van der Waals surface area contributed by atoms with Gasteiger partial charge < -0.3 is 5.32 Å². The summed E-state index contributed by atoms with van der Waals surface area (Å²) in [6.07, 6.45) is 1.55. The highest BCUT2D eigenvalue weighted by Gasteiger charge is 2.19. The molecule has 1 aromatic heterocycles. The summed E-state index contributed by atoms with van der Waals surface area (Å²) in [6, 6.07) is 9.58. The Morgan fingerprint density at radius 3 is 2.64 bits per heavy atom. The van der Waals surface area contributed by atoms with Gasteiger partial charge >= 0.3 is 0 Å². The highest BCUT2D eigenvalue weighted by molar-refractivity contribution is 9.11. The normalized spacial score (nSPS) is 11.0. The second-order valence-corrected chi connectivity index (χ2v) is 8.58. The fraction of sp³-hybridized carbons (Fsp3) is 0.0714. The van der Waals surface area contributed by atoms with Crippen LogP contribution in [0.2, 0.25) is 0 Å². The molecule has 2 aromatic rings. The average Bonchev–Trinajstić information content (AvgIpc) is 2.92. The Labute approximate surface area is 141 Å². The zero-order valence-corrected chi connectivity index (χ0v) is 14.6. The van der Waals surface area contributed by atoms with Crippen LogP contribution >= 0.6 is 27.3 Å². The number of rotatable bonds is 6. The molecule has 0 unspecified atom stereocenters. The molecule has 1 amide bonds. The van der Waals surface area contributed by atoms with Crippen molar-refractivity contribution in [2.45, 2.75) is 4.21 Å². The topological polar surface area (TPSA) is 75.3 Å². The molecule has 0 aliphatic carbocycles. The molecule has 0 saturated heterocycles. The Morgan fingerprint density at radius 1 is 1.27 bits per heavy atom. The van der Waals surface area contributed by atoms with Crippen LogP contribution in [0.3, 0.4) is 0 Å². The van der Waals surface area contributed by atoms with Crippen molar-refractivity contribution >= 4 is 48.9 Å². The quantitative estimate of drug-likeness (QED) is 0.730. The van der Waals surface area contributed by atoms with Gasteiger partial charge in [0.25, 0.3) is 15.9 Å². The molecule has 0 fully saturated rings. The number of nitrogens with one attached hydrogen (secondary N) is 2. The van der Waals surface area contributed by atoms with E-state index in [4.69, 9.17) is 0 Å². The van der Waals surface area contributed by atoms with Gasteiger partial charge in [-0.05, 0) is 40.2 Å². The Balaban J connectivity index is 2.30. The molecule has 2 N–H and O–H groups in total. The average molecular weight is 401 g/mol. The molecule has 0 bridgehead atoms. The molecule has 5 nitrogen and oxygen atoms in total. The van der Waals surface area contributed by atoms with Crippen molar-refractivity contribution in [3.05, 3.63) is 58.4 Å². The second-order valence-electron chi connectivity index (χ2n) is 4.21. The lowest BCUT2D eigenvalue weighted by Gasteiger charge is -2.11. The third kappa shape index (κ3) is 3.96. The lowest BCUT2D eigenvalue weighted by molar-refractivity contribution is 0.0959. The summed E-state index contributed by atoms with van der Waals surface area (Å²) in [5, 5.41) is 2.62. The number of hydrogen-bond donors (Lipinski definition) is 2. The van der Waals surface area contributed by atoms with E-state index in [-0.39, 0.29) is 21.4 Å². The molecule has 116 valence electrons. The molecular weight excluding hydrogens is 388 g/mol. The van der Waals surface area contributed by atoms with E-state index in [9.17, 15) is 13.2 Å². The third-order valence-electron chi connectivity index (χ3n) is 2.64. The monoisotopic (exact) mass is 400 g/mol. The van der Waals surface area contributed by atoms with E-state index in [0.29, 0.717) is 10.3 Å². The smallest absolute Gasteiger partial charge is 0.271 e. The molecule has 0 aliphatic heterocycles. The maximum atomic E-state index is 12.3. The van der Waals surface area contributed by atoms with Crippen LogP contribution in [-0.4, -0.2) is 20.9 Å². The number of sulfonamides is 1. The Morgan fingerprint density at radius 2 is 2.00 bits per heavy atom. The van der Waals surface area contributed by atoms with Crippen LogP contribution in [-0.2, 0) is 10.0 Å². The first-order chi connectivity index (χ1) is 10.4. The van der Waals surface area contributed by atoms with Gasteiger partial charge in [0.15, 0.2) is 0 Å². The zero-order chi connectivity index (χ0) is 16.2. The fourth-order valence-corrected chi connectivity index (χ4v) is 4.76. The maximum Gasteiger partial charge on any atom is 0.271 e. The minimum atomic E-state index is -3.73. The predicted molar refractivity (Wildman–Crippen MR) is 91.8 cm³/mol. The number of anilines is 1. The van der Waals surface area contributed by atoms with Gasteiger partial charge in [-0.1, -0.05) is 18.2 Å². The van der Waals surface area contributed by atoms with E-state index in [0.717, 1.165) is 11.3 Å². The standard InChI is InChI=1S/C14H13BrN2O3S2/c1-2-9-16-14(18)10-5-3-4-6-11(10)17-22(19,20)13-8-7-12(15)21-13/h2-8,17H,1,9H2,(H,16,18). The van der Waals surface area contributed by atoms with Crippen molar-refractivity contribution in [2.75, 3.05) is 11.3 Å². The summed E-state index contributed by atoms with van der Waals surface area (Å²) in [5.74, 6) is -0.370. The van der Waals surface area contributed by atoms with Crippen LogP contribution in [0.25, 0.3) is 0 Å². The molecule has 0 spiro atoms. The molecule has 1 heterocycles. The highest BCUT2D eigenvalue weighted by Crippen LogP contribution is 2.28. The largest absolute Gasteiger partial charge is 0.349 e. The van der Waals surface area contributed by atoms with Crippen LogP contribution in [0, 0.1) is 0 Å². The first-order valence-electron chi connectivity index (χ1n) is 6.20. The summed E-state index contributed by atoms with van der Waals surface area (Å²) in [4.78, 5) is 12.1. The van der Waals surface area contributed by atoms with Gasteiger partial charge in [-0.3, -0.25) is 9.52 Å². The minimum Gasteiger partial charge on any atom is -0.349 e. The van der Waals surface area contributed by atoms with Crippen LogP contribution in [0.4, 0.5) is 5.69 Å². The number of thiophene rings is 1. The Kier molecular flexibility index (Phi) is 5.38. The van der Waals surface area contributed by atoms with E-state index in [1.807, 2.05) is 0 Å². The van der Waals surface area contributed by atoms with Crippen molar-refractivity contribution in [1.82, 2.24) is 5.32 Å². The van der Waals surface area contributed by atoms with Gasteiger partial charge in [0.1, 0.15) is 4.21 Å². The first-order valence-corrected chi connectivity index (χ1v) is 9.29. The minimum absolute atomic E-state index is 0.167. The third-order valence-corrected chi connectivity index (χ3v) is 6.12. The number of para-hydroxylation sites is 1. The van der Waals surface area contributed by atoms with Gasteiger partial charge in [-0.15, -0.1) is 17.9 Å². The number of halogens is 1.